The van der Waals surface area contributed by atoms with Crippen LogP contribution in [0.25, 0.3) is 10.1 Å². The number of halogens is 1. The standard InChI is InChI=1S/C16H13ClN2OS/c17-12-3-1-2-10(6-12)9-19-16(20)15-8-11-7-13(18)4-5-14(11)21-15/h1-8H,9,18H2,(H,19,20). The number of nitrogens with two attached hydrogens (primary N) is 1. The minimum atomic E-state index is -0.0882. The summed E-state index contributed by atoms with van der Waals surface area (Å²) in [6.45, 7) is 0.454. The van der Waals surface area contributed by atoms with Gasteiger partial charge in [-0.15, -0.1) is 11.3 Å². The van der Waals surface area contributed by atoms with Crippen molar-refractivity contribution in [2.75, 3.05) is 5.73 Å². The van der Waals surface area contributed by atoms with Gasteiger partial charge in [0.1, 0.15) is 0 Å². The van der Waals surface area contributed by atoms with E-state index in [1.807, 2.05) is 48.5 Å². The molecule has 1 heterocycles. The van der Waals surface area contributed by atoms with Crippen molar-refractivity contribution >= 4 is 44.6 Å². The van der Waals surface area contributed by atoms with E-state index in [2.05, 4.69) is 5.32 Å². The molecule has 3 rings (SSSR count). The lowest BCUT2D eigenvalue weighted by atomic mass is 10.2. The minimum absolute atomic E-state index is 0.0882. The summed E-state index contributed by atoms with van der Waals surface area (Å²) in [5.74, 6) is -0.0882. The number of amides is 1. The molecule has 0 spiro atoms. The highest BCUT2D eigenvalue weighted by Gasteiger charge is 2.10. The number of nitrogens with one attached hydrogen (secondary N) is 1. The Morgan fingerprint density at radius 2 is 2.05 bits per heavy atom. The van der Waals surface area contributed by atoms with Crippen LogP contribution >= 0.6 is 22.9 Å². The summed E-state index contributed by atoms with van der Waals surface area (Å²) in [6, 6.07) is 15.0. The van der Waals surface area contributed by atoms with Crippen molar-refractivity contribution in [3.05, 3.63) is 64.0 Å². The number of thiophene rings is 1. The van der Waals surface area contributed by atoms with Crippen molar-refractivity contribution in [1.82, 2.24) is 5.32 Å². The fourth-order valence-corrected chi connectivity index (χ4v) is 3.26. The van der Waals surface area contributed by atoms with Gasteiger partial charge in [-0.2, -0.15) is 0 Å². The van der Waals surface area contributed by atoms with Crippen LogP contribution in [0.4, 0.5) is 5.69 Å². The molecule has 3 aromatic rings. The number of carbonyl (C=O) groups is 1. The molecule has 0 radical (unpaired) electrons. The molecule has 5 heteroatoms. The van der Waals surface area contributed by atoms with E-state index in [1.165, 1.54) is 11.3 Å². The van der Waals surface area contributed by atoms with Gasteiger partial charge in [0.2, 0.25) is 0 Å². The molecule has 0 fully saturated rings. The monoisotopic (exact) mass is 316 g/mol. The average molecular weight is 317 g/mol. The van der Waals surface area contributed by atoms with Crippen LogP contribution in [-0.4, -0.2) is 5.91 Å². The molecule has 0 bridgehead atoms. The number of fused-ring (bicyclic) bond motifs is 1. The fourth-order valence-electron chi connectivity index (χ4n) is 2.09. The lowest BCUT2D eigenvalue weighted by Crippen LogP contribution is -2.21. The Morgan fingerprint density at radius 1 is 1.19 bits per heavy atom. The van der Waals surface area contributed by atoms with Crippen molar-refractivity contribution in [3.63, 3.8) is 0 Å². The number of hydrogen-bond donors (Lipinski definition) is 2. The average Bonchev–Trinajstić information content (AvgIpc) is 2.88. The topological polar surface area (TPSA) is 55.1 Å². The van der Waals surface area contributed by atoms with E-state index in [1.54, 1.807) is 0 Å². The highest BCUT2D eigenvalue weighted by atomic mass is 35.5. The molecule has 2 aromatic carbocycles. The SMILES string of the molecule is Nc1ccc2sc(C(=O)NCc3cccc(Cl)c3)cc2c1. The van der Waals surface area contributed by atoms with Crippen molar-refractivity contribution in [3.8, 4) is 0 Å². The van der Waals surface area contributed by atoms with Gasteiger partial charge in [0, 0.05) is 22.0 Å². The second kappa shape index (κ2) is 5.76. The summed E-state index contributed by atoms with van der Waals surface area (Å²) in [5, 5.41) is 4.56. The molecule has 3 nitrogen and oxygen atoms in total. The number of benzene rings is 2. The first kappa shape index (κ1) is 13.9. The Bertz CT molecular complexity index is 813. The molecular formula is C16H13ClN2OS. The van der Waals surface area contributed by atoms with Gasteiger partial charge in [-0.05, 0) is 47.3 Å². The highest BCUT2D eigenvalue weighted by Crippen LogP contribution is 2.27. The summed E-state index contributed by atoms with van der Waals surface area (Å²) in [7, 11) is 0. The zero-order valence-corrected chi connectivity index (χ0v) is 12.7. The van der Waals surface area contributed by atoms with Crippen LogP contribution in [0.1, 0.15) is 15.2 Å². The van der Waals surface area contributed by atoms with Gasteiger partial charge in [-0.3, -0.25) is 4.79 Å². The summed E-state index contributed by atoms with van der Waals surface area (Å²) >= 11 is 7.38. The zero-order chi connectivity index (χ0) is 14.8. The third-order valence-corrected chi connectivity index (χ3v) is 4.46. The molecule has 106 valence electrons. The van der Waals surface area contributed by atoms with Crippen molar-refractivity contribution in [2.45, 2.75) is 6.54 Å². The van der Waals surface area contributed by atoms with E-state index >= 15 is 0 Å². The number of hydrogen-bond acceptors (Lipinski definition) is 3. The number of anilines is 1. The molecule has 1 amide bonds. The molecule has 0 unspecified atom stereocenters. The maximum atomic E-state index is 12.2. The number of carbonyl (C=O) groups excluding carboxylic acids is 1. The predicted octanol–water partition coefficient (Wildman–Crippen LogP) is 4.07. The van der Waals surface area contributed by atoms with E-state index in [9.17, 15) is 4.79 Å². The Balaban J connectivity index is 1.74. The maximum absolute atomic E-state index is 12.2. The van der Waals surface area contributed by atoms with Crippen molar-refractivity contribution in [1.29, 1.82) is 0 Å². The van der Waals surface area contributed by atoms with Crippen LogP contribution in [-0.2, 0) is 6.54 Å². The van der Waals surface area contributed by atoms with Gasteiger partial charge in [0.15, 0.2) is 0 Å². The Kier molecular flexibility index (Phi) is 3.82. The summed E-state index contributed by atoms with van der Waals surface area (Å²) in [6.07, 6.45) is 0. The van der Waals surface area contributed by atoms with Crippen molar-refractivity contribution in [2.24, 2.45) is 0 Å². The third kappa shape index (κ3) is 3.17. The van der Waals surface area contributed by atoms with E-state index in [4.69, 9.17) is 17.3 Å². The predicted molar refractivity (Wildman–Crippen MR) is 88.9 cm³/mol. The fraction of sp³-hybridized carbons (Fsp3) is 0.0625. The van der Waals surface area contributed by atoms with Crippen LogP contribution in [0.2, 0.25) is 5.02 Å². The van der Waals surface area contributed by atoms with Gasteiger partial charge in [-0.1, -0.05) is 23.7 Å². The van der Waals surface area contributed by atoms with Crippen LogP contribution in [0.5, 0.6) is 0 Å². The quantitative estimate of drug-likeness (QED) is 0.716. The zero-order valence-electron chi connectivity index (χ0n) is 11.1. The normalized spacial score (nSPS) is 10.7. The second-order valence-electron chi connectivity index (χ2n) is 4.72. The summed E-state index contributed by atoms with van der Waals surface area (Å²) < 4.78 is 1.05. The molecule has 1 aromatic heterocycles. The Morgan fingerprint density at radius 3 is 2.86 bits per heavy atom. The molecule has 0 aliphatic heterocycles. The molecule has 3 N–H and O–H groups in total. The largest absolute Gasteiger partial charge is 0.399 e. The van der Waals surface area contributed by atoms with Gasteiger partial charge in [0.05, 0.1) is 4.88 Å². The first-order chi connectivity index (χ1) is 10.1. The second-order valence-corrected chi connectivity index (χ2v) is 6.24. The molecule has 0 atom stereocenters. The van der Waals surface area contributed by atoms with Crippen LogP contribution in [0.3, 0.4) is 0 Å². The van der Waals surface area contributed by atoms with E-state index in [0.29, 0.717) is 22.1 Å². The molecular weight excluding hydrogens is 304 g/mol. The molecule has 0 saturated heterocycles. The van der Waals surface area contributed by atoms with Crippen molar-refractivity contribution < 1.29 is 4.79 Å². The van der Waals surface area contributed by atoms with Gasteiger partial charge < -0.3 is 11.1 Å². The summed E-state index contributed by atoms with van der Waals surface area (Å²) in [5.41, 5.74) is 7.42. The first-order valence-corrected chi connectivity index (χ1v) is 7.63. The van der Waals surface area contributed by atoms with Gasteiger partial charge in [-0.25, -0.2) is 0 Å². The number of rotatable bonds is 3. The molecule has 0 aliphatic rings. The van der Waals surface area contributed by atoms with E-state index in [-0.39, 0.29) is 5.91 Å². The smallest absolute Gasteiger partial charge is 0.261 e. The van der Waals surface area contributed by atoms with E-state index < -0.39 is 0 Å². The lowest BCUT2D eigenvalue weighted by Gasteiger charge is -2.03. The third-order valence-electron chi connectivity index (χ3n) is 3.11. The summed E-state index contributed by atoms with van der Waals surface area (Å²) in [4.78, 5) is 12.9. The van der Waals surface area contributed by atoms with E-state index in [0.717, 1.165) is 15.6 Å². The molecule has 0 aliphatic carbocycles. The number of nitrogen functional groups attached to an aromatic ring is 1. The molecule has 0 saturated carbocycles. The van der Waals surface area contributed by atoms with Crippen LogP contribution in [0.15, 0.2) is 48.5 Å². The van der Waals surface area contributed by atoms with Crippen LogP contribution < -0.4 is 11.1 Å². The molecule has 21 heavy (non-hydrogen) atoms. The highest BCUT2D eigenvalue weighted by molar-refractivity contribution is 7.20. The van der Waals surface area contributed by atoms with Gasteiger partial charge in [0.25, 0.3) is 5.91 Å². The minimum Gasteiger partial charge on any atom is -0.399 e. The van der Waals surface area contributed by atoms with Gasteiger partial charge >= 0.3 is 0 Å². The Labute approximate surface area is 131 Å². The first-order valence-electron chi connectivity index (χ1n) is 6.43. The Hall–Kier alpha value is -2.04. The lowest BCUT2D eigenvalue weighted by molar-refractivity contribution is 0.0955. The maximum Gasteiger partial charge on any atom is 0.261 e. The van der Waals surface area contributed by atoms with Crippen LogP contribution in [0, 0.1) is 0 Å².